The van der Waals surface area contributed by atoms with Crippen LogP contribution in [-0.2, 0) is 6.54 Å². The standard InChI is InChI=1S/C17H20N4O.C5H5NS/c1-11-15(6-7-17(20-11)22-3)21-13-4-5-14-12(9-18-2)10-19-16(14)8-13;7-5-2-1-3-6-4-5/h4-8,10,18-19,21H,9H2,1-3H3;1-4,7H. The van der Waals surface area contributed by atoms with Crippen molar-refractivity contribution in [1.29, 1.82) is 0 Å². The number of ether oxygens (including phenoxy) is 1. The van der Waals surface area contributed by atoms with Gasteiger partial charge in [0.2, 0.25) is 5.88 Å². The fraction of sp³-hybridized carbons (Fsp3) is 0.182. The normalized spacial score (nSPS) is 10.3. The number of nitrogens with one attached hydrogen (secondary N) is 3. The molecule has 0 aliphatic heterocycles. The van der Waals surface area contributed by atoms with Gasteiger partial charge in [-0.2, -0.15) is 0 Å². The molecule has 0 saturated heterocycles. The second-order valence-corrected chi connectivity index (χ2v) is 6.94. The highest BCUT2D eigenvalue weighted by atomic mass is 32.1. The quantitative estimate of drug-likeness (QED) is 0.361. The molecule has 0 saturated carbocycles. The molecular formula is C22H25N5OS. The first-order chi connectivity index (χ1) is 14.1. The van der Waals surface area contributed by atoms with Gasteiger partial charge in [-0.15, -0.1) is 12.6 Å². The number of anilines is 2. The minimum atomic E-state index is 0.625. The van der Waals surface area contributed by atoms with Crippen LogP contribution in [-0.4, -0.2) is 29.1 Å². The largest absolute Gasteiger partial charge is 0.481 e. The van der Waals surface area contributed by atoms with Gasteiger partial charge in [-0.05, 0) is 49.9 Å². The van der Waals surface area contributed by atoms with Crippen LogP contribution in [0.15, 0.2) is 66.0 Å². The van der Waals surface area contributed by atoms with Crippen molar-refractivity contribution >= 4 is 34.9 Å². The van der Waals surface area contributed by atoms with Gasteiger partial charge >= 0.3 is 0 Å². The van der Waals surface area contributed by atoms with Gasteiger partial charge in [0.15, 0.2) is 0 Å². The van der Waals surface area contributed by atoms with Gasteiger partial charge in [0.05, 0.1) is 18.5 Å². The lowest BCUT2D eigenvalue weighted by atomic mass is 10.1. The third kappa shape index (κ3) is 5.49. The van der Waals surface area contributed by atoms with E-state index in [1.165, 1.54) is 10.9 Å². The Morgan fingerprint density at radius 3 is 2.66 bits per heavy atom. The van der Waals surface area contributed by atoms with Crippen LogP contribution in [0, 0.1) is 6.92 Å². The highest BCUT2D eigenvalue weighted by Crippen LogP contribution is 2.26. The molecule has 1 aromatic carbocycles. The monoisotopic (exact) mass is 407 g/mol. The number of thiol groups is 1. The molecule has 29 heavy (non-hydrogen) atoms. The number of pyridine rings is 2. The summed E-state index contributed by atoms with van der Waals surface area (Å²) in [6, 6.07) is 13.9. The zero-order valence-corrected chi connectivity index (χ0v) is 17.6. The molecular weight excluding hydrogens is 382 g/mol. The first kappa shape index (κ1) is 20.7. The number of methoxy groups -OCH3 is 1. The van der Waals surface area contributed by atoms with Crippen LogP contribution in [0.1, 0.15) is 11.3 Å². The molecule has 0 aliphatic carbocycles. The number of rotatable bonds is 5. The van der Waals surface area contributed by atoms with E-state index in [2.05, 4.69) is 56.4 Å². The van der Waals surface area contributed by atoms with Crippen molar-refractivity contribution in [2.75, 3.05) is 19.5 Å². The number of fused-ring (bicyclic) bond motifs is 1. The number of hydrogen-bond acceptors (Lipinski definition) is 6. The summed E-state index contributed by atoms with van der Waals surface area (Å²) >= 11 is 4.02. The summed E-state index contributed by atoms with van der Waals surface area (Å²) in [5.74, 6) is 0.625. The minimum absolute atomic E-state index is 0.625. The van der Waals surface area contributed by atoms with E-state index in [1.807, 2.05) is 44.4 Å². The zero-order valence-electron chi connectivity index (χ0n) is 16.7. The van der Waals surface area contributed by atoms with Crippen LogP contribution in [0.25, 0.3) is 10.9 Å². The first-order valence-electron chi connectivity index (χ1n) is 9.23. The molecule has 0 spiro atoms. The molecule has 7 heteroatoms. The Labute approximate surface area is 176 Å². The second kappa shape index (κ2) is 9.95. The Balaban J connectivity index is 0.000000290. The minimum Gasteiger partial charge on any atom is -0.481 e. The van der Waals surface area contributed by atoms with E-state index in [1.54, 1.807) is 19.5 Å². The maximum Gasteiger partial charge on any atom is 0.213 e. The topological polar surface area (TPSA) is 74.9 Å². The van der Waals surface area contributed by atoms with Crippen LogP contribution >= 0.6 is 12.6 Å². The Hall–Kier alpha value is -3.03. The molecule has 4 rings (SSSR count). The third-order valence-corrected chi connectivity index (χ3v) is 4.59. The third-order valence-electron chi connectivity index (χ3n) is 4.33. The van der Waals surface area contributed by atoms with Gasteiger partial charge in [-0.3, -0.25) is 4.98 Å². The van der Waals surface area contributed by atoms with E-state index in [0.29, 0.717) is 5.88 Å². The van der Waals surface area contributed by atoms with Crippen molar-refractivity contribution in [3.63, 3.8) is 0 Å². The molecule has 3 N–H and O–H groups in total. The van der Waals surface area contributed by atoms with E-state index >= 15 is 0 Å². The SMILES string of the molecule is CNCc1c[nH]c2cc(Nc3ccc(OC)nc3C)ccc12.Sc1cccnc1. The molecule has 0 unspecified atom stereocenters. The van der Waals surface area contributed by atoms with E-state index in [0.717, 1.165) is 34.0 Å². The van der Waals surface area contributed by atoms with E-state index in [4.69, 9.17) is 4.74 Å². The van der Waals surface area contributed by atoms with Crippen LogP contribution in [0.5, 0.6) is 5.88 Å². The maximum absolute atomic E-state index is 5.13. The molecule has 150 valence electrons. The summed E-state index contributed by atoms with van der Waals surface area (Å²) in [6.07, 6.45) is 5.47. The molecule has 6 nitrogen and oxygen atoms in total. The molecule has 0 bridgehead atoms. The van der Waals surface area contributed by atoms with E-state index in [-0.39, 0.29) is 0 Å². The molecule has 0 radical (unpaired) electrons. The molecule has 0 fully saturated rings. The fourth-order valence-electron chi connectivity index (χ4n) is 2.89. The van der Waals surface area contributed by atoms with Crippen molar-refractivity contribution in [2.24, 2.45) is 0 Å². The number of H-pyrrole nitrogens is 1. The summed E-state index contributed by atoms with van der Waals surface area (Å²) < 4.78 is 5.13. The molecule has 4 aromatic rings. The van der Waals surface area contributed by atoms with Crippen molar-refractivity contribution in [2.45, 2.75) is 18.4 Å². The van der Waals surface area contributed by atoms with Crippen molar-refractivity contribution < 1.29 is 4.74 Å². The van der Waals surface area contributed by atoms with Gasteiger partial charge in [-0.1, -0.05) is 6.07 Å². The number of aromatic nitrogens is 3. The van der Waals surface area contributed by atoms with E-state index < -0.39 is 0 Å². The lowest BCUT2D eigenvalue weighted by Gasteiger charge is -2.10. The van der Waals surface area contributed by atoms with Gasteiger partial charge in [0.25, 0.3) is 0 Å². The number of hydrogen-bond donors (Lipinski definition) is 4. The number of benzene rings is 1. The zero-order chi connectivity index (χ0) is 20.6. The van der Waals surface area contributed by atoms with Crippen LogP contribution in [0.4, 0.5) is 11.4 Å². The predicted octanol–water partition coefficient (Wildman–Crippen LogP) is 4.71. The highest BCUT2D eigenvalue weighted by molar-refractivity contribution is 7.80. The number of aryl methyl sites for hydroxylation is 1. The lowest BCUT2D eigenvalue weighted by Crippen LogP contribution is -2.03. The lowest BCUT2D eigenvalue weighted by molar-refractivity contribution is 0.397. The molecule has 3 heterocycles. The maximum atomic E-state index is 5.13. The molecule has 3 aromatic heterocycles. The highest BCUT2D eigenvalue weighted by Gasteiger charge is 2.06. The average Bonchev–Trinajstić information content (AvgIpc) is 3.13. The molecule has 0 atom stereocenters. The average molecular weight is 408 g/mol. The van der Waals surface area contributed by atoms with Gasteiger partial charge < -0.3 is 20.4 Å². The predicted molar refractivity (Wildman–Crippen MR) is 121 cm³/mol. The van der Waals surface area contributed by atoms with Gasteiger partial charge in [-0.25, -0.2) is 4.98 Å². The summed E-state index contributed by atoms with van der Waals surface area (Å²) in [7, 11) is 3.57. The summed E-state index contributed by atoms with van der Waals surface area (Å²) in [5, 5.41) is 7.82. The smallest absolute Gasteiger partial charge is 0.213 e. The molecule has 0 aliphatic rings. The van der Waals surface area contributed by atoms with Crippen LogP contribution in [0.3, 0.4) is 0 Å². The second-order valence-electron chi connectivity index (χ2n) is 6.43. The van der Waals surface area contributed by atoms with Gasteiger partial charge in [0.1, 0.15) is 0 Å². The summed E-state index contributed by atoms with van der Waals surface area (Å²) in [4.78, 5) is 12.4. The van der Waals surface area contributed by atoms with Crippen molar-refractivity contribution in [3.8, 4) is 5.88 Å². The Morgan fingerprint density at radius 2 is 2.03 bits per heavy atom. The van der Waals surface area contributed by atoms with Crippen molar-refractivity contribution in [1.82, 2.24) is 20.3 Å². The number of nitrogens with zero attached hydrogens (tertiary/aromatic N) is 2. The Kier molecular flexibility index (Phi) is 7.10. The van der Waals surface area contributed by atoms with E-state index in [9.17, 15) is 0 Å². The van der Waals surface area contributed by atoms with Gasteiger partial charge in [0, 0.05) is 52.7 Å². The van der Waals surface area contributed by atoms with Crippen molar-refractivity contribution in [3.05, 3.63) is 72.3 Å². The summed E-state index contributed by atoms with van der Waals surface area (Å²) in [5.41, 5.74) is 5.30. The van der Waals surface area contributed by atoms with Crippen LogP contribution in [0.2, 0.25) is 0 Å². The first-order valence-corrected chi connectivity index (χ1v) is 9.67. The molecule has 0 amide bonds. The fourth-order valence-corrected chi connectivity index (χ4v) is 3.05. The Bertz CT molecular complexity index is 1070. The number of aromatic amines is 1. The Morgan fingerprint density at radius 1 is 1.17 bits per heavy atom. The summed E-state index contributed by atoms with van der Waals surface area (Å²) in [6.45, 7) is 2.82. The van der Waals surface area contributed by atoms with Crippen LogP contribution < -0.4 is 15.4 Å².